The van der Waals surface area contributed by atoms with Gasteiger partial charge in [-0.1, -0.05) is 32.9 Å². The maximum atomic E-state index is 13.1. The van der Waals surface area contributed by atoms with Crippen molar-refractivity contribution < 1.29 is 23.9 Å². The number of aryl methyl sites for hydroxylation is 1. The van der Waals surface area contributed by atoms with E-state index >= 15 is 0 Å². The summed E-state index contributed by atoms with van der Waals surface area (Å²) in [6, 6.07) is 6.44. The van der Waals surface area contributed by atoms with Gasteiger partial charge in [0.25, 0.3) is 5.91 Å². The van der Waals surface area contributed by atoms with Gasteiger partial charge in [0.2, 0.25) is 11.8 Å². The highest BCUT2D eigenvalue weighted by Crippen LogP contribution is 2.56. The number of esters is 1. The third-order valence-electron chi connectivity index (χ3n) is 7.10. The summed E-state index contributed by atoms with van der Waals surface area (Å²) in [6.07, 6.45) is 3.81. The summed E-state index contributed by atoms with van der Waals surface area (Å²) in [4.78, 5) is 52.4. The van der Waals surface area contributed by atoms with Gasteiger partial charge in [0.15, 0.2) is 6.61 Å². The minimum atomic E-state index is -0.998. The normalized spacial score (nSPS) is 27.5. The van der Waals surface area contributed by atoms with E-state index < -0.39 is 24.5 Å². The molecular formula is C24H30N2O5. The molecule has 2 aliphatic carbocycles. The summed E-state index contributed by atoms with van der Waals surface area (Å²) < 4.78 is 5.25. The molecule has 1 aliphatic heterocycles. The zero-order valence-electron chi connectivity index (χ0n) is 18.3. The van der Waals surface area contributed by atoms with Gasteiger partial charge in [-0.05, 0) is 61.1 Å². The molecule has 0 aromatic heterocycles. The van der Waals surface area contributed by atoms with Crippen molar-refractivity contribution in [3.05, 3.63) is 29.8 Å². The van der Waals surface area contributed by atoms with Crippen LogP contribution in [0, 0.1) is 29.6 Å². The average Bonchev–Trinajstić information content (AvgIpc) is 3.42. The van der Waals surface area contributed by atoms with Crippen molar-refractivity contribution in [2.24, 2.45) is 29.6 Å². The molecule has 0 radical (unpaired) electrons. The number of hydrogen-bond donors (Lipinski definition) is 1. The summed E-state index contributed by atoms with van der Waals surface area (Å²) in [7, 11) is 0. The van der Waals surface area contributed by atoms with E-state index in [0.717, 1.165) is 36.1 Å². The Morgan fingerprint density at radius 3 is 2.16 bits per heavy atom. The molecule has 0 unspecified atom stereocenters. The Bertz CT molecular complexity index is 866. The molecule has 1 aromatic rings. The van der Waals surface area contributed by atoms with Crippen LogP contribution in [0.4, 0.5) is 5.69 Å². The van der Waals surface area contributed by atoms with Crippen LogP contribution in [-0.4, -0.2) is 41.2 Å². The molecule has 2 bridgehead atoms. The van der Waals surface area contributed by atoms with E-state index in [-0.39, 0.29) is 41.4 Å². The fraction of sp³-hybridized carbons (Fsp3) is 0.583. The minimum absolute atomic E-state index is 0.238. The van der Waals surface area contributed by atoms with Crippen molar-refractivity contribution in [3.63, 3.8) is 0 Å². The van der Waals surface area contributed by atoms with Crippen molar-refractivity contribution in [1.29, 1.82) is 0 Å². The fourth-order valence-electron chi connectivity index (χ4n) is 5.62. The van der Waals surface area contributed by atoms with Gasteiger partial charge in [-0.2, -0.15) is 0 Å². The van der Waals surface area contributed by atoms with Gasteiger partial charge in [0, 0.05) is 5.69 Å². The van der Waals surface area contributed by atoms with Crippen LogP contribution in [0.25, 0.3) is 0 Å². The summed E-state index contributed by atoms with van der Waals surface area (Å²) in [5, 5.41) is 2.69. The summed E-state index contributed by atoms with van der Waals surface area (Å²) in [5.74, 6) is -2.01. The van der Waals surface area contributed by atoms with Crippen LogP contribution in [0.3, 0.4) is 0 Å². The number of nitrogens with one attached hydrogen (secondary N) is 1. The third kappa shape index (κ3) is 3.86. The second-order valence-corrected chi connectivity index (χ2v) is 9.33. The highest BCUT2D eigenvalue weighted by atomic mass is 16.5. The predicted octanol–water partition coefficient (Wildman–Crippen LogP) is 2.79. The molecule has 7 heteroatoms. The number of nitrogens with zero attached hydrogens (tertiary/aromatic N) is 1. The number of likely N-dealkylation sites (tertiary alicyclic amines) is 1. The van der Waals surface area contributed by atoms with Crippen LogP contribution in [0.2, 0.25) is 0 Å². The summed E-state index contributed by atoms with van der Waals surface area (Å²) in [6.45, 7) is 5.15. The Labute approximate surface area is 182 Å². The molecule has 166 valence electrons. The molecule has 3 amide bonds. The number of carbonyl (C=O) groups excluding carboxylic acids is 4. The van der Waals surface area contributed by atoms with Gasteiger partial charge in [-0.3, -0.25) is 19.3 Å². The first-order chi connectivity index (χ1) is 14.8. The molecule has 1 heterocycles. The lowest BCUT2D eigenvalue weighted by molar-refractivity contribution is -0.162. The number of imide groups is 1. The quantitative estimate of drug-likeness (QED) is 0.535. The van der Waals surface area contributed by atoms with Gasteiger partial charge < -0.3 is 10.1 Å². The highest BCUT2D eigenvalue weighted by molar-refractivity contribution is 6.08. The number of carbonyl (C=O) groups is 4. The zero-order valence-corrected chi connectivity index (χ0v) is 18.3. The third-order valence-corrected chi connectivity index (χ3v) is 7.10. The molecule has 7 nitrogen and oxygen atoms in total. The molecule has 0 spiro atoms. The molecule has 4 rings (SSSR count). The van der Waals surface area contributed by atoms with Gasteiger partial charge in [0.05, 0.1) is 11.8 Å². The molecule has 31 heavy (non-hydrogen) atoms. The Kier molecular flexibility index (Phi) is 5.86. The number of rotatable bonds is 7. The zero-order chi connectivity index (χ0) is 22.3. The van der Waals surface area contributed by atoms with Crippen LogP contribution in [0.5, 0.6) is 0 Å². The maximum Gasteiger partial charge on any atom is 0.330 e. The van der Waals surface area contributed by atoms with E-state index in [9.17, 15) is 19.2 Å². The van der Waals surface area contributed by atoms with E-state index in [1.165, 1.54) is 0 Å². The number of hydrogen-bond acceptors (Lipinski definition) is 5. The van der Waals surface area contributed by atoms with Crippen molar-refractivity contribution in [3.8, 4) is 0 Å². The predicted molar refractivity (Wildman–Crippen MR) is 114 cm³/mol. The van der Waals surface area contributed by atoms with Crippen LogP contribution in [0.1, 0.15) is 45.6 Å². The molecule has 2 saturated carbocycles. The Hall–Kier alpha value is -2.70. The number of amides is 3. The highest BCUT2D eigenvalue weighted by Gasteiger charge is 2.62. The Morgan fingerprint density at radius 1 is 1.06 bits per heavy atom. The average molecular weight is 427 g/mol. The number of anilines is 1. The maximum absolute atomic E-state index is 13.1. The van der Waals surface area contributed by atoms with E-state index in [2.05, 4.69) is 5.32 Å². The van der Waals surface area contributed by atoms with Crippen molar-refractivity contribution in [1.82, 2.24) is 4.90 Å². The van der Waals surface area contributed by atoms with Crippen molar-refractivity contribution in [2.45, 2.75) is 52.5 Å². The number of ether oxygens (including phenoxy) is 1. The summed E-state index contributed by atoms with van der Waals surface area (Å²) >= 11 is 0. The standard InChI is InChI=1S/C24H30N2O5/c1-4-14-5-9-17(10-6-14)25-18(27)12-31-24(30)21(13(2)3)26-22(28)19-15-7-8-16(11-15)20(19)23(26)29/h5-6,9-10,13,15-16,19-21H,4,7-8,11-12H2,1-3H3,(H,25,27)/t15-,16-,19-,20+,21-/m0/s1. The Morgan fingerprint density at radius 2 is 1.65 bits per heavy atom. The number of benzene rings is 1. The minimum Gasteiger partial charge on any atom is -0.454 e. The van der Waals surface area contributed by atoms with E-state index in [4.69, 9.17) is 4.74 Å². The lowest BCUT2D eigenvalue weighted by atomic mass is 9.81. The van der Waals surface area contributed by atoms with E-state index in [0.29, 0.717) is 5.69 Å². The van der Waals surface area contributed by atoms with Gasteiger partial charge >= 0.3 is 5.97 Å². The van der Waals surface area contributed by atoms with Crippen LogP contribution in [-0.2, 0) is 30.3 Å². The van der Waals surface area contributed by atoms with Gasteiger partial charge in [-0.25, -0.2) is 4.79 Å². The SMILES string of the molecule is CCc1ccc(NC(=O)COC(=O)[C@H](C(C)C)N2C(=O)[C@@H]3[C@H]4CC[C@@H](C4)[C@@H]3C2=O)cc1. The van der Waals surface area contributed by atoms with Crippen molar-refractivity contribution in [2.75, 3.05) is 11.9 Å². The smallest absolute Gasteiger partial charge is 0.330 e. The topological polar surface area (TPSA) is 92.8 Å². The van der Waals surface area contributed by atoms with Crippen molar-refractivity contribution >= 4 is 29.4 Å². The first-order valence-corrected chi connectivity index (χ1v) is 11.2. The van der Waals surface area contributed by atoms with Crippen LogP contribution < -0.4 is 5.32 Å². The molecular weight excluding hydrogens is 396 g/mol. The first-order valence-electron chi connectivity index (χ1n) is 11.2. The van der Waals surface area contributed by atoms with Crippen LogP contribution >= 0.6 is 0 Å². The molecule has 1 aromatic carbocycles. The molecule has 5 atom stereocenters. The lowest BCUT2D eigenvalue weighted by Crippen LogP contribution is -2.50. The van der Waals surface area contributed by atoms with Gasteiger partial charge in [-0.15, -0.1) is 0 Å². The monoisotopic (exact) mass is 426 g/mol. The van der Waals surface area contributed by atoms with Crippen LogP contribution in [0.15, 0.2) is 24.3 Å². The largest absolute Gasteiger partial charge is 0.454 e. The molecule has 1 saturated heterocycles. The second kappa shape index (κ2) is 8.44. The van der Waals surface area contributed by atoms with Gasteiger partial charge in [0.1, 0.15) is 6.04 Å². The summed E-state index contributed by atoms with van der Waals surface area (Å²) in [5.41, 5.74) is 1.77. The Balaban J connectivity index is 1.39. The number of fused-ring (bicyclic) bond motifs is 5. The lowest BCUT2D eigenvalue weighted by Gasteiger charge is -2.28. The molecule has 1 N–H and O–H groups in total. The fourth-order valence-corrected chi connectivity index (χ4v) is 5.62. The van der Waals surface area contributed by atoms with E-state index in [1.54, 1.807) is 26.0 Å². The van der Waals surface area contributed by atoms with E-state index in [1.807, 2.05) is 19.1 Å². The second-order valence-electron chi connectivity index (χ2n) is 9.33. The molecule has 3 aliphatic rings. The first kappa shape index (κ1) is 21.5. The molecule has 3 fully saturated rings.